The molecular formula is C12H16N6O4. The number of aryl methyl sites for hydroxylation is 2. The minimum Gasteiger partial charge on any atom is -0.479 e. The molecule has 22 heavy (non-hydrogen) atoms. The topological polar surface area (TPSA) is 124 Å². The van der Waals surface area contributed by atoms with Gasteiger partial charge in [-0.25, -0.2) is 0 Å². The van der Waals surface area contributed by atoms with Crippen LogP contribution in [0.2, 0.25) is 0 Å². The van der Waals surface area contributed by atoms with Crippen molar-refractivity contribution < 1.29 is 18.7 Å². The number of amides is 2. The third kappa shape index (κ3) is 3.81. The summed E-state index contributed by atoms with van der Waals surface area (Å²) in [5, 5.41) is 16.4. The third-order valence-electron chi connectivity index (χ3n) is 2.65. The molecule has 0 aliphatic rings. The van der Waals surface area contributed by atoms with Gasteiger partial charge in [-0.15, -0.1) is 15.3 Å². The normalized spacial score (nSPS) is 10.3. The SMILES string of the molecule is COc1nn(C)cc1C(=O)NCC(=O)NCc1nnc(C)o1. The summed E-state index contributed by atoms with van der Waals surface area (Å²) in [6.07, 6.45) is 1.51. The summed E-state index contributed by atoms with van der Waals surface area (Å²) in [4.78, 5) is 23.6. The van der Waals surface area contributed by atoms with Crippen molar-refractivity contribution >= 4 is 11.8 Å². The number of methoxy groups -OCH3 is 1. The molecule has 10 heteroatoms. The Bertz CT molecular complexity index is 677. The molecule has 0 aliphatic heterocycles. The van der Waals surface area contributed by atoms with E-state index in [4.69, 9.17) is 9.15 Å². The van der Waals surface area contributed by atoms with Crippen LogP contribution in [0.4, 0.5) is 0 Å². The Morgan fingerprint density at radius 2 is 2.14 bits per heavy atom. The van der Waals surface area contributed by atoms with Crippen LogP contribution in [0, 0.1) is 6.92 Å². The summed E-state index contributed by atoms with van der Waals surface area (Å²) >= 11 is 0. The second kappa shape index (κ2) is 6.70. The lowest BCUT2D eigenvalue weighted by Gasteiger charge is -2.05. The fourth-order valence-electron chi connectivity index (χ4n) is 1.68. The maximum Gasteiger partial charge on any atom is 0.258 e. The summed E-state index contributed by atoms with van der Waals surface area (Å²) in [5.74, 6) is 0.0786. The molecular weight excluding hydrogens is 292 g/mol. The molecule has 2 rings (SSSR count). The Kier molecular flexibility index (Phi) is 4.71. The fraction of sp³-hybridized carbons (Fsp3) is 0.417. The van der Waals surface area contributed by atoms with Crippen molar-refractivity contribution in [3.05, 3.63) is 23.5 Å². The average molecular weight is 308 g/mol. The van der Waals surface area contributed by atoms with Crippen LogP contribution in [0.5, 0.6) is 5.88 Å². The van der Waals surface area contributed by atoms with Crippen molar-refractivity contribution in [2.75, 3.05) is 13.7 Å². The lowest BCUT2D eigenvalue weighted by Crippen LogP contribution is -2.36. The van der Waals surface area contributed by atoms with Gasteiger partial charge in [0, 0.05) is 20.2 Å². The molecule has 0 unspecified atom stereocenters. The summed E-state index contributed by atoms with van der Waals surface area (Å²) in [5.41, 5.74) is 0.255. The molecule has 0 aromatic carbocycles. The highest BCUT2D eigenvalue weighted by molar-refractivity contribution is 5.98. The molecule has 0 radical (unpaired) electrons. The molecule has 0 aliphatic carbocycles. The van der Waals surface area contributed by atoms with Gasteiger partial charge >= 0.3 is 0 Å². The highest BCUT2D eigenvalue weighted by Gasteiger charge is 2.17. The predicted molar refractivity (Wildman–Crippen MR) is 73.0 cm³/mol. The standard InChI is InChI=1S/C12H16N6O4/c1-7-15-16-10(22-7)5-13-9(19)4-14-11(20)8-6-18(2)17-12(8)21-3/h6H,4-5H2,1-3H3,(H,13,19)(H,14,20). The first kappa shape index (κ1) is 15.5. The van der Waals surface area contributed by atoms with Gasteiger partial charge in [0.15, 0.2) is 0 Å². The maximum absolute atomic E-state index is 12.0. The third-order valence-corrected chi connectivity index (χ3v) is 2.65. The average Bonchev–Trinajstić information content (AvgIpc) is 3.08. The second-order valence-corrected chi connectivity index (χ2v) is 4.40. The molecule has 118 valence electrons. The van der Waals surface area contributed by atoms with Gasteiger partial charge < -0.3 is 19.8 Å². The van der Waals surface area contributed by atoms with Crippen LogP contribution in [-0.2, 0) is 18.4 Å². The van der Waals surface area contributed by atoms with Crippen molar-refractivity contribution in [1.29, 1.82) is 0 Å². The van der Waals surface area contributed by atoms with Gasteiger partial charge in [-0.05, 0) is 0 Å². The van der Waals surface area contributed by atoms with E-state index in [1.807, 2.05) is 0 Å². The van der Waals surface area contributed by atoms with E-state index >= 15 is 0 Å². The molecule has 2 heterocycles. The number of nitrogens with zero attached hydrogens (tertiary/aromatic N) is 4. The fourth-order valence-corrected chi connectivity index (χ4v) is 1.68. The molecule has 2 amide bonds. The Morgan fingerprint density at radius 1 is 1.36 bits per heavy atom. The number of hydrogen-bond donors (Lipinski definition) is 2. The zero-order chi connectivity index (χ0) is 16.1. The minimum absolute atomic E-state index is 0.103. The van der Waals surface area contributed by atoms with Crippen LogP contribution in [0.3, 0.4) is 0 Å². The van der Waals surface area contributed by atoms with E-state index in [9.17, 15) is 9.59 Å². The van der Waals surface area contributed by atoms with Crippen LogP contribution in [0.1, 0.15) is 22.1 Å². The lowest BCUT2D eigenvalue weighted by molar-refractivity contribution is -0.120. The van der Waals surface area contributed by atoms with Crippen LogP contribution in [0.25, 0.3) is 0 Å². The van der Waals surface area contributed by atoms with Crippen molar-refractivity contribution in [3.8, 4) is 5.88 Å². The first-order valence-corrected chi connectivity index (χ1v) is 6.41. The monoisotopic (exact) mass is 308 g/mol. The van der Waals surface area contributed by atoms with E-state index in [0.29, 0.717) is 11.8 Å². The maximum atomic E-state index is 12.0. The van der Waals surface area contributed by atoms with Crippen molar-refractivity contribution in [2.24, 2.45) is 7.05 Å². The van der Waals surface area contributed by atoms with E-state index < -0.39 is 5.91 Å². The van der Waals surface area contributed by atoms with E-state index in [1.54, 1.807) is 14.0 Å². The quantitative estimate of drug-likeness (QED) is 0.713. The number of carbonyl (C=O) groups excluding carboxylic acids is 2. The van der Waals surface area contributed by atoms with E-state index in [-0.39, 0.29) is 30.4 Å². The number of hydrogen-bond acceptors (Lipinski definition) is 7. The van der Waals surface area contributed by atoms with Crippen molar-refractivity contribution in [1.82, 2.24) is 30.6 Å². The first-order valence-electron chi connectivity index (χ1n) is 6.41. The van der Waals surface area contributed by atoms with Gasteiger partial charge in [-0.3, -0.25) is 14.3 Å². The molecule has 10 nitrogen and oxygen atoms in total. The summed E-state index contributed by atoms with van der Waals surface area (Å²) < 4.78 is 11.5. The Labute approximate surface area is 125 Å². The molecule has 0 fully saturated rings. The van der Waals surface area contributed by atoms with Crippen molar-refractivity contribution in [3.63, 3.8) is 0 Å². The molecule has 0 bridgehead atoms. The van der Waals surface area contributed by atoms with Crippen LogP contribution in [-0.4, -0.2) is 45.4 Å². The Balaban J connectivity index is 1.81. The number of carbonyl (C=O) groups is 2. The number of rotatable bonds is 6. The predicted octanol–water partition coefficient (Wildman–Crippen LogP) is -0.834. The largest absolute Gasteiger partial charge is 0.479 e. The summed E-state index contributed by atoms with van der Waals surface area (Å²) in [6, 6.07) is 0. The Morgan fingerprint density at radius 3 is 2.77 bits per heavy atom. The molecule has 0 atom stereocenters. The summed E-state index contributed by atoms with van der Waals surface area (Å²) in [6.45, 7) is 1.57. The van der Waals surface area contributed by atoms with Gasteiger partial charge in [-0.1, -0.05) is 0 Å². The number of nitrogens with one attached hydrogen (secondary N) is 2. The van der Waals surface area contributed by atoms with Crippen LogP contribution >= 0.6 is 0 Å². The number of ether oxygens (including phenoxy) is 1. The van der Waals surface area contributed by atoms with Gasteiger partial charge in [0.05, 0.1) is 20.2 Å². The van der Waals surface area contributed by atoms with Gasteiger partial charge in [0.25, 0.3) is 5.91 Å². The van der Waals surface area contributed by atoms with E-state index in [0.717, 1.165) is 0 Å². The molecule has 0 saturated heterocycles. The van der Waals surface area contributed by atoms with E-state index in [2.05, 4.69) is 25.9 Å². The Hall–Kier alpha value is -2.91. The highest BCUT2D eigenvalue weighted by Crippen LogP contribution is 2.13. The molecule has 2 aromatic rings. The molecule has 2 N–H and O–H groups in total. The van der Waals surface area contributed by atoms with Crippen LogP contribution in [0.15, 0.2) is 10.6 Å². The number of aromatic nitrogens is 4. The first-order chi connectivity index (χ1) is 10.5. The van der Waals surface area contributed by atoms with Crippen LogP contribution < -0.4 is 15.4 Å². The smallest absolute Gasteiger partial charge is 0.258 e. The minimum atomic E-state index is -0.450. The van der Waals surface area contributed by atoms with Gasteiger partial charge in [0.2, 0.25) is 23.6 Å². The zero-order valence-electron chi connectivity index (χ0n) is 12.4. The van der Waals surface area contributed by atoms with E-state index in [1.165, 1.54) is 18.0 Å². The zero-order valence-corrected chi connectivity index (χ0v) is 12.4. The summed E-state index contributed by atoms with van der Waals surface area (Å²) in [7, 11) is 3.08. The van der Waals surface area contributed by atoms with Gasteiger partial charge in [0.1, 0.15) is 5.56 Å². The molecule has 0 spiro atoms. The van der Waals surface area contributed by atoms with Crippen molar-refractivity contribution in [2.45, 2.75) is 13.5 Å². The highest BCUT2D eigenvalue weighted by atomic mass is 16.5. The molecule has 2 aromatic heterocycles. The second-order valence-electron chi connectivity index (χ2n) is 4.40. The lowest BCUT2D eigenvalue weighted by atomic mass is 10.3. The van der Waals surface area contributed by atoms with Gasteiger partial charge in [-0.2, -0.15) is 0 Å². The molecule has 0 saturated carbocycles.